The van der Waals surface area contributed by atoms with Gasteiger partial charge in [-0.15, -0.1) is 0 Å². The summed E-state index contributed by atoms with van der Waals surface area (Å²) in [4.78, 5) is -0.428. The Morgan fingerprint density at radius 2 is 1.68 bits per heavy atom. The predicted molar refractivity (Wildman–Crippen MR) is 79.4 cm³/mol. The maximum Gasteiger partial charge on any atom is 0.339 e. The van der Waals surface area contributed by atoms with Gasteiger partial charge in [0.25, 0.3) is 0 Å². The van der Waals surface area contributed by atoms with E-state index in [1.807, 2.05) is 19.9 Å². The highest BCUT2D eigenvalue weighted by Gasteiger charge is 2.21. The summed E-state index contributed by atoms with van der Waals surface area (Å²) in [6, 6.07) is 7.58. The summed E-state index contributed by atoms with van der Waals surface area (Å²) in [5.41, 5.74) is 1.55. The maximum absolute atomic E-state index is 13.2. The number of rotatable bonds is 4. The Labute approximate surface area is 128 Å². The predicted octanol–water partition coefficient (Wildman–Crippen LogP) is 4.16. The molecule has 0 aromatic heterocycles. The van der Waals surface area contributed by atoms with E-state index >= 15 is 0 Å². The minimum absolute atomic E-state index is 0.0516. The lowest BCUT2D eigenvalue weighted by Crippen LogP contribution is -2.12. The summed E-state index contributed by atoms with van der Waals surface area (Å²) in [5.74, 6) is -2.11. The molecule has 0 unspecified atom stereocenters. The second-order valence-corrected chi connectivity index (χ2v) is 6.86. The van der Waals surface area contributed by atoms with Crippen molar-refractivity contribution in [1.82, 2.24) is 0 Å². The van der Waals surface area contributed by atoms with Gasteiger partial charge in [0.1, 0.15) is 10.6 Å². The van der Waals surface area contributed by atoms with Gasteiger partial charge in [0, 0.05) is 0 Å². The molecule has 0 amide bonds. The lowest BCUT2D eigenvalue weighted by molar-refractivity contribution is 0.475. The van der Waals surface area contributed by atoms with Crippen molar-refractivity contribution in [2.75, 3.05) is 0 Å². The highest BCUT2D eigenvalue weighted by atomic mass is 32.2. The number of halogens is 2. The number of benzene rings is 2. The maximum atomic E-state index is 13.2. The standard InChI is InChI=1S/C16H16F2O3S/c1-10(2)13-6-4-11(3)8-16(13)21-22(19,20)12-5-7-14(17)15(18)9-12/h4-10H,1-3H3. The van der Waals surface area contributed by atoms with Crippen molar-refractivity contribution < 1.29 is 21.4 Å². The minimum Gasteiger partial charge on any atom is -0.379 e. The van der Waals surface area contributed by atoms with Crippen LogP contribution in [0.1, 0.15) is 30.9 Å². The van der Waals surface area contributed by atoms with Crippen LogP contribution in [0.2, 0.25) is 0 Å². The average Bonchev–Trinajstić information content (AvgIpc) is 2.41. The molecule has 0 fully saturated rings. The Morgan fingerprint density at radius 3 is 2.27 bits per heavy atom. The molecule has 6 heteroatoms. The highest BCUT2D eigenvalue weighted by Crippen LogP contribution is 2.30. The van der Waals surface area contributed by atoms with Gasteiger partial charge in [-0.1, -0.05) is 26.0 Å². The molecule has 0 heterocycles. The van der Waals surface area contributed by atoms with Crippen LogP contribution in [-0.2, 0) is 10.1 Å². The summed E-state index contributed by atoms with van der Waals surface area (Å²) in [5, 5.41) is 0. The van der Waals surface area contributed by atoms with Crippen LogP contribution in [0.25, 0.3) is 0 Å². The molecule has 3 nitrogen and oxygen atoms in total. The first-order chi connectivity index (χ1) is 10.2. The van der Waals surface area contributed by atoms with Crippen molar-refractivity contribution >= 4 is 10.1 Å². The quantitative estimate of drug-likeness (QED) is 0.792. The Hall–Kier alpha value is -1.95. The molecule has 0 atom stereocenters. The van der Waals surface area contributed by atoms with Gasteiger partial charge < -0.3 is 4.18 Å². The Morgan fingerprint density at radius 1 is 1.00 bits per heavy atom. The molecule has 0 spiro atoms. The molecular formula is C16H16F2O3S. The zero-order chi connectivity index (χ0) is 16.5. The van der Waals surface area contributed by atoms with Crippen LogP contribution in [-0.4, -0.2) is 8.42 Å². The van der Waals surface area contributed by atoms with Gasteiger partial charge in [0.05, 0.1) is 0 Å². The molecule has 0 saturated heterocycles. The molecule has 118 valence electrons. The first kappa shape index (κ1) is 16.4. The van der Waals surface area contributed by atoms with Gasteiger partial charge in [-0.3, -0.25) is 0 Å². The molecular weight excluding hydrogens is 310 g/mol. The van der Waals surface area contributed by atoms with Crippen LogP contribution >= 0.6 is 0 Å². The number of hydrogen-bond acceptors (Lipinski definition) is 3. The van der Waals surface area contributed by atoms with Crippen LogP contribution in [0.4, 0.5) is 8.78 Å². The van der Waals surface area contributed by atoms with Crippen molar-refractivity contribution in [2.45, 2.75) is 31.6 Å². The van der Waals surface area contributed by atoms with Gasteiger partial charge in [-0.25, -0.2) is 8.78 Å². The second-order valence-electron chi connectivity index (χ2n) is 5.31. The molecule has 2 aromatic rings. The van der Waals surface area contributed by atoms with Crippen molar-refractivity contribution in [3.05, 3.63) is 59.2 Å². The number of hydrogen-bond donors (Lipinski definition) is 0. The van der Waals surface area contributed by atoms with Crippen molar-refractivity contribution in [3.63, 3.8) is 0 Å². The Balaban J connectivity index is 2.44. The number of aryl methyl sites for hydroxylation is 1. The van der Waals surface area contributed by atoms with E-state index in [0.717, 1.165) is 23.3 Å². The van der Waals surface area contributed by atoms with E-state index < -0.39 is 26.6 Å². The van der Waals surface area contributed by atoms with Gasteiger partial charge >= 0.3 is 10.1 Å². The topological polar surface area (TPSA) is 43.4 Å². The van der Waals surface area contributed by atoms with Gasteiger partial charge in [-0.2, -0.15) is 8.42 Å². The fourth-order valence-electron chi connectivity index (χ4n) is 1.99. The largest absolute Gasteiger partial charge is 0.379 e. The zero-order valence-electron chi connectivity index (χ0n) is 12.4. The molecule has 0 aliphatic carbocycles. The molecule has 0 bridgehead atoms. The Bertz CT molecular complexity index is 799. The average molecular weight is 326 g/mol. The third-order valence-corrected chi connectivity index (χ3v) is 4.40. The fourth-order valence-corrected chi connectivity index (χ4v) is 2.95. The summed E-state index contributed by atoms with van der Waals surface area (Å²) in [6.07, 6.45) is 0. The molecule has 0 N–H and O–H groups in total. The molecule has 2 aromatic carbocycles. The molecule has 22 heavy (non-hydrogen) atoms. The van der Waals surface area contributed by atoms with E-state index in [-0.39, 0.29) is 11.7 Å². The van der Waals surface area contributed by atoms with E-state index in [0.29, 0.717) is 6.07 Å². The van der Waals surface area contributed by atoms with Gasteiger partial charge in [-0.05, 0) is 48.2 Å². The summed E-state index contributed by atoms with van der Waals surface area (Å²) in [7, 11) is -4.23. The Kier molecular flexibility index (Phi) is 4.51. The lowest BCUT2D eigenvalue weighted by atomic mass is 10.0. The van der Waals surface area contributed by atoms with E-state index in [1.54, 1.807) is 19.1 Å². The lowest BCUT2D eigenvalue weighted by Gasteiger charge is -2.14. The molecule has 0 saturated carbocycles. The monoisotopic (exact) mass is 326 g/mol. The van der Waals surface area contributed by atoms with E-state index in [4.69, 9.17) is 4.18 Å². The molecule has 0 radical (unpaired) electrons. The smallest absolute Gasteiger partial charge is 0.339 e. The van der Waals surface area contributed by atoms with E-state index in [9.17, 15) is 17.2 Å². The van der Waals surface area contributed by atoms with E-state index in [1.165, 1.54) is 0 Å². The van der Waals surface area contributed by atoms with Crippen LogP contribution in [0, 0.1) is 18.6 Å². The molecule has 0 aliphatic rings. The first-order valence-electron chi connectivity index (χ1n) is 6.71. The fraction of sp³-hybridized carbons (Fsp3) is 0.250. The molecule has 2 rings (SSSR count). The SMILES string of the molecule is Cc1ccc(C(C)C)c(OS(=O)(=O)c2ccc(F)c(F)c2)c1. The van der Waals surface area contributed by atoms with Crippen LogP contribution < -0.4 is 4.18 Å². The van der Waals surface area contributed by atoms with Crippen molar-refractivity contribution in [2.24, 2.45) is 0 Å². The normalized spacial score (nSPS) is 11.7. The highest BCUT2D eigenvalue weighted by molar-refractivity contribution is 7.87. The van der Waals surface area contributed by atoms with Crippen LogP contribution in [0.15, 0.2) is 41.3 Å². The third kappa shape index (κ3) is 3.44. The first-order valence-corrected chi connectivity index (χ1v) is 8.11. The van der Waals surface area contributed by atoms with Gasteiger partial charge in [0.15, 0.2) is 11.6 Å². The van der Waals surface area contributed by atoms with Gasteiger partial charge in [0.2, 0.25) is 0 Å². The third-order valence-electron chi connectivity index (χ3n) is 3.17. The summed E-state index contributed by atoms with van der Waals surface area (Å²) >= 11 is 0. The van der Waals surface area contributed by atoms with E-state index in [2.05, 4.69) is 0 Å². The van der Waals surface area contributed by atoms with Crippen molar-refractivity contribution in [3.8, 4) is 5.75 Å². The second kappa shape index (κ2) is 6.04. The minimum atomic E-state index is -4.23. The summed E-state index contributed by atoms with van der Waals surface area (Å²) in [6.45, 7) is 5.62. The molecule has 0 aliphatic heterocycles. The van der Waals surface area contributed by atoms with Crippen LogP contribution in [0.3, 0.4) is 0 Å². The zero-order valence-corrected chi connectivity index (χ0v) is 13.2. The summed E-state index contributed by atoms with van der Waals surface area (Å²) < 4.78 is 55.8. The van der Waals surface area contributed by atoms with Crippen LogP contribution in [0.5, 0.6) is 5.75 Å². The van der Waals surface area contributed by atoms with Crippen molar-refractivity contribution in [1.29, 1.82) is 0 Å².